The molecule has 1 heterocycles. The van der Waals surface area contributed by atoms with Crippen molar-refractivity contribution in [2.45, 2.75) is 12.5 Å². The molecule has 1 unspecified atom stereocenters. The summed E-state index contributed by atoms with van der Waals surface area (Å²) in [5.41, 5.74) is 0.836. The summed E-state index contributed by atoms with van der Waals surface area (Å²) in [6.45, 7) is 0. The molecule has 0 aliphatic carbocycles. The fraction of sp³-hybridized carbons (Fsp3) is 0.231. The quantitative estimate of drug-likeness (QED) is 0.650. The summed E-state index contributed by atoms with van der Waals surface area (Å²) >= 11 is 0. The highest BCUT2D eigenvalue weighted by atomic mass is 16.6. The zero-order chi connectivity index (χ0) is 13.0. The van der Waals surface area contributed by atoms with Gasteiger partial charge in [-0.3, -0.25) is 10.1 Å². The van der Waals surface area contributed by atoms with Crippen molar-refractivity contribution in [3.8, 4) is 0 Å². The number of hydrogen-bond acceptors (Lipinski definition) is 4. The first-order valence-electron chi connectivity index (χ1n) is 5.65. The molecule has 5 nitrogen and oxygen atoms in total. The molecular weight excluding hydrogens is 232 g/mol. The molecule has 0 amide bonds. The predicted octanol–water partition coefficient (Wildman–Crippen LogP) is 2.69. The van der Waals surface area contributed by atoms with Crippen molar-refractivity contribution in [1.29, 1.82) is 0 Å². The molecule has 1 aromatic carbocycles. The van der Waals surface area contributed by atoms with E-state index in [4.69, 9.17) is 4.42 Å². The van der Waals surface area contributed by atoms with E-state index in [1.165, 1.54) is 6.07 Å². The van der Waals surface area contributed by atoms with Crippen molar-refractivity contribution in [3.63, 3.8) is 0 Å². The molecule has 0 aliphatic heterocycles. The van der Waals surface area contributed by atoms with Gasteiger partial charge in [0.25, 0.3) is 5.69 Å². The van der Waals surface area contributed by atoms with Gasteiger partial charge >= 0.3 is 0 Å². The summed E-state index contributed by atoms with van der Waals surface area (Å²) in [7, 11) is 1.81. The number of para-hydroxylation sites is 1. The standard InChI is InChI=1S/C13H14N2O3/c1-14-11(13-7-4-8-18-13)9-10-5-2-3-6-12(10)15(16)17/h2-8,11,14H,9H2,1H3. The molecule has 18 heavy (non-hydrogen) atoms. The van der Waals surface area contributed by atoms with Gasteiger partial charge in [0.2, 0.25) is 0 Å². The van der Waals surface area contributed by atoms with Crippen molar-refractivity contribution in [3.05, 3.63) is 64.1 Å². The molecule has 1 aromatic heterocycles. The van der Waals surface area contributed by atoms with Crippen molar-refractivity contribution in [2.75, 3.05) is 7.05 Å². The Balaban J connectivity index is 2.25. The summed E-state index contributed by atoms with van der Waals surface area (Å²) in [4.78, 5) is 10.6. The van der Waals surface area contributed by atoms with Crippen LogP contribution in [0.4, 0.5) is 5.69 Å². The number of benzene rings is 1. The summed E-state index contributed by atoms with van der Waals surface area (Å²) < 4.78 is 5.33. The number of hydrogen-bond donors (Lipinski definition) is 1. The fourth-order valence-electron chi connectivity index (χ4n) is 1.92. The molecule has 2 rings (SSSR count). The molecule has 0 saturated carbocycles. The Morgan fingerprint density at radius 2 is 2.11 bits per heavy atom. The zero-order valence-corrected chi connectivity index (χ0v) is 10.00. The van der Waals surface area contributed by atoms with Gasteiger partial charge in [-0.05, 0) is 19.2 Å². The zero-order valence-electron chi connectivity index (χ0n) is 10.00. The molecule has 0 saturated heterocycles. The second-order valence-electron chi connectivity index (χ2n) is 3.95. The van der Waals surface area contributed by atoms with Crippen LogP contribution in [0.3, 0.4) is 0 Å². The van der Waals surface area contributed by atoms with E-state index >= 15 is 0 Å². The van der Waals surface area contributed by atoms with Crippen molar-refractivity contribution in [1.82, 2.24) is 5.32 Å². The summed E-state index contributed by atoms with van der Waals surface area (Å²) in [6.07, 6.45) is 2.11. The molecule has 1 atom stereocenters. The first-order chi connectivity index (χ1) is 8.72. The minimum atomic E-state index is -0.357. The molecular formula is C13H14N2O3. The van der Waals surface area contributed by atoms with Gasteiger partial charge < -0.3 is 9.73 Å². The van der Waals surface area contributed by atoms with E-state index in [0.29, 0.717) is 12.0 Å². The van der Waals surface area contributed by atoms with Crippen LogP contribution in [0.15, 0.2) is 47.1 Å². The van der Waals surface area contributed by atoms with E-state index in [9.17, 15) is 10.1 Å². The van der Waals surface area contributed by atoms with Gasteiger partial charge in [0.1, 0.15) is 5.76 Å². The van der Waals surface area contributed by atoms with Crippen LogP contribution >= 0.6 is 0 Å². The van der Waals surface area contributed by atoms with E-state index in [0.717, 1.165) is 5.76 Å². The number of nitrogens with zero attached hydrogens (tertiary/aromatic N) is 1. The van der Waals surface area contributed by atoms with Gasteiger partial charge in [-0.1, -0.05) is 18.2 Å². The normalized spacial score (nSPS) is 12.3. The molecule has 94 valence electrons. The van der Waals surface area contributed by atoms with Crippen LogP contribution in [0.25, 0.3) is 0 Å². The number of nitro benzene ring substituents is 1. The first-order valence-corrected chi connectivity index (χ1v) is 5.65. The van der Waals surface area contributed by atoms with Crippen LogP contribution in [0, 0.1) is 10.1 Å². The van der Waals surface area contributed by atoms with E-state index in [1.54, 1.807) is 30.5 Å². The molecule has 0 bridgehead atoms. The van der Waals surface area contributed by atoms with Crippen LogP contribution in [0.1, 0.15) is 17.4 Å². The Hall–Kier alpha value is -2.14. The smallest absolute Gasteiger partial charge is 0.272 e. The molecule has 0 aliphatic rings. The van der Waals surface area contributed by atoms with E-state index < -0.39 is 0 Å². The molecule has 2 aromatic rings. The van der Waals surface area contributed by atoms with Gasteiger partial charge in [-0.25, -0.2) is 0 Å². The summed E-state index contributed by atoms with van der Waals surface area (Å²) in [5, 5.41) is 14.0. The minimum absolute atomic E-state index is 0.0684. The number of rotatable bonds is 5. The number of furan rings is 1. The van der Waals surface area contributed by atoms with Gasteiger partial charge in [0, 0.05) is 18.1 Å². The summed E-state index contributed by atoms with van der Waals surface area (Å²) in [5.74, 6) is 0.774. The Kier molecular flexibility index (Phi) is 3.74. The van der Waals surface area contributed by atoms with Crippen LogP contribution < -0.4 is 5.32 Å². The minimum Gasteiger partial charge on any atom is -0.468 e. The molecule has 5 heteroatoms. The van der Waals surface area contributed by atoms with Crippen LogP contribution in [-0.4, -0.2) is 12.0 Å². The van der Waals surface area contributed by atoms with Gasteiger partial charge in [0.05, 0.1) is 17.2 Å². The Bertz CT molecular complexity index is 523. The third-order valence-electron chi connectivity index (χ3n) is 2.85. The molecule has 1 N–H and O–H groups in total. The van der Waals surface area contributed by atoms with Crippen molar-refractivity contribution < 1.29 is 9.34 Å². The molecule has 0 spiro atoms. The average molecular weight is 246 g/mol. The lowest BCUT2D eigenvalue weighted by molar-refractivity contribution is -0.385. The van der Waals surface area contributed by atoms with Crippen LogP contribution in [-0.2, 0) is 6.42 Å². The first kappa shape index (κ1) is 12.3. The van der Waals surface area contributed by atoms with Gasteiger partial charge in [0.15, 0.2) is 0 Å². The highest BCUT2D eigenvalue weighted by Crippen LogP contribution is 2.24. The van der Waals surface area contributed by atoms with Crippen molar-refractivity contribution >= 4 is 5.69 Å². The van der Waals surface area contributed by atoms with Gasteiger partial charge in [-0.15, -0.1) is 0 Å². The Morgan fingerprint density at radius 3 is 2.72 bits per heavy atom. The monoisotopic (exact) mass is 246 g/mol. The Morgan fingerprint density at radius 1 is 1.33 bits per heavy atom. The van der Waals surface area contributed by atoms with Crippen LogP contribution in [0.2, 0.25) is 0 Å². The lowest BCUT2D eigenvalue weighted by atomic mass is 10.0. The predicted molar refractivity (Wildman–Crippen MR) is 67.3 cm³/mol. The number of nitrogens with one attached hydrogen (secondary N) is 1. The Labute approximate surface area is 105 Å². The largest absolute Gasteiger partial charge is 0.468 e. The maximum atomic E-state index is 10.9. The second-order valence-corrected chi connectivity index (χ2v) is 3.95. The topological polar surface area (TPSA) is 68.3 Å². The summed E-state index contributed by atoms with van der Waals surface area (Å²) in [6, 6.07) is 10.4. The lowest BCUT2D eigenvalue weighted by Gasteiger charge is -2.13. The van der Waals surface area contributed by atoms with E-state index in [2.05, 4.69) is 5.32 Å². The SMILES string of the molecule is CNC(Cc1ccccc1[N+](=O)[O-])c1ccco1. The average Bonchev–Trinajstić information content (AvgIpc) is 2.90. The van der Waals surface area contributed by atoms with Crippen molar-refractivity contribution in [2.24, 2.45) is 0 Å². The maximum absolute atomic E-state index is 10.9. The van der Waals surface area contributed by atoms with Crippen LogP contribution in [0.5, 0.6) is 0 Å². The lowest BCUT2D eigenvalue weighted by Crippen LogP contribution is -2.18. The highest BCUT2D eigenvalue weighted by Gasteiger charge is 2.19. The third kappa shape index (κ3) is 2.57. The highest BCUT2D eigenvalue weighted by molar-refractivity contribution is 5.40. The van der Waals surface area contributed by atoms with Gasteiger partial charge in [-0.2, -0.15) is 0 Å². The second kappa shape index (κ2) is 5.46. The third-order valence-corrected chi connectivity index (χ3v) is 2.85. The number of likely N-dealkylation sites (N-methyl/N-ethyl adjacent to an activating group) is 1. The fourth-order valence-corrected chi connectivity index (χ4v) is 1.92. The maximum Gasteiger partial charge on any atom is 0.272 e. The van der Waals surface area contributed by atoms with E-state index in [-0.39, 0.29) is 16.7 Å². The molecule has 0 radical (unpaired) electrons. The molecule has 0 fully saturated rings. The van der Waals surface area contributed by atoms with E-state index in [1.807, 2.05) is 13.1 Å². The number of nitro groups is 1.